The Morgan fingerprint density at radius 3 is 2.68 bits per heavy atom. The molecule has 0 saturated carbocycles. The molecule has 0 aliphatic heterocycles. The lowest BCUT2D eigenvalue weighted by Crippen LogP contribution is -2.20. The van der Waals surface area contributed by atoms with Gasteiger partial charge in [-0.05, 0) is 41.7 Å². The van der Waals surface area contributed by atoms with Gasteiger partial charge in [-0.3, -0.25) is 4.98 Å². The molecule has 0 radical (unpaired) electrons. The van der Waals surface area contributed by atoms with Crippen LogP contribution in [0.25, 0.3) is 16.5 Å². The van der Waals surface area contributed by atoms with E-state index in [2.05, 4.69) is 59.8 Å². The van der Waals surface area contributed by atoms with Crippen LogP contribution in [0.3, 0.4) is 0 Å². The molecule has 2 aromatic heterocycles. The molecule has 0 amide bonds. The van der Waals surface area contributed by atoms with Gasteiger partial charge >= 0.3 is 0 Å². The third-order valence-corrected chi connectivity index (χ3v) is 4.03. The number of nitrogens with zero attached hydrogens (tertiary/aromatic N) is 3. The average Bonchev–Trinajstić information content (AvgIpc) is 2.58. The van der Waals surface area contributed by atoms with Crippen LogP contribution in [-0.2, 0) is 0 Å². The third-order valence-electron chi connectivity index (χ3n) is 4.03. The molecule has 0 bridgehead atoms. The average molecular weight is 332 g/mol. The van der Waals surface area contributed by atoms with Gasteiger partial charge in [-0.2, -0.15) is 0 Å². The van der Waals surface area contributed by atoms with E-state index in [-0.39, 0.29) is 5.41 Å². The first kappa shape index (κ1) is 17.1. The summed E-state index contributed by atoms with van der Waals surface area (Å²) in [6.45, 7) is 13.6. The number of fused-ring (bicyclic) bond motifs is 1. The van der Waals surface area contributed by atoms with E-state index >= 15 is 0 Å². The van der Waals surface area contributed by atoms with Gasteiger partial charge in [0.25, 0.3) is 0 Å². The highest BCUT2D eigenvalue weighted by Gasteiger charge is 2.13. The molecule has 1 aromatic carbocycles. The Morgan fingerprint density at radius 2 is 1.96 bits per heavy atom. The fraction of sp³-hybridized carbons (Fsp3) is 0.286. The standard InChI is InChI=1S/C21H24N4/c1-14(16-8-9-19-17(11-16)7-6-10-22-19)18-12-23-20(25-15(18)2)24-13-21(3,4)5/h6-12H,1,13H2,2-5H3,(H,23,24,25). The van der Waals surface area contributed by atoms with Crippen LogP contribution in [0.15, 0.2) is 49.3 Å². The van der Waals surface area contributed by atoms with E-state index < -0.39 is 0 Å². The van der Waals surface area contributed by atoms with Crippen molar-refractivity contribution in [2.45, 2.75) is 27.7 Å². The van der Waals surface area contributed by atoms with Crippen molar-refractivity contribution in [2.75, 3.05) is 11.9 Å². The molecule has 0 unspecified atom stereocenters. The Hall–Kier alpha value is -2.75. The predicted molar refractivity (Wildman–Crippen MR) is 105 cm³/mol. The summed E-state index contributed by atoms with van der Waals surface area (Å²) in [4.78, 5) is 13.4. The van der Waals surface area contributed by atoms with E-state index in [0.29, 0.717) is 5.95 Å². The summed E-state index contributed by atoms with van der Waals surface area (Å²) in [6, 6.07) is 10.2. The summed E-state index contributed by atoms with van der Waals surface area (Å²) in [6.07, 6.45) is 3.65. The highest BCUT2D eigenvalue weighted by Crippen LogP contribution is 2.26. The number of hydrogen-bond acceptors (Lipinski definition) is 4. The van der Waals surface area contributed by atoms with Gasteiger partial charge in [0, 0.05) is 29.9 Å². The smallest absolute Gasteiger partial charge is 0.222 e. The molecular weight excluding hydrogens is 308 g/mol. The number of pyridine rings is 1. The van der Waals surface area contributed by atoms with Crippen LogP contribution in [0.2, 0.25) is 0 Å². The van der Waals surface area contributed by atoms with E-state index in [4.69, 9.17) is 0 Å². The van der Waals surface area contributed by atoms with E-state index in [1.807, 2.05) is 31.3 Å². The minimum atomic E-state index is 0.179. The predicted octanol–water partition coefficient (Wildman–Crippen LogP) is 4.85. The van der Waals surface area contributed by atoms with Crippen LogP contribution < -0.4 is 5.32 Å². The van der Waals surface area contributed by atoms with Gasteiger partial charge < -0.3 is 5.32 Å². The summed E-state index contributed by atoms with van der Waals surface area (Å²) < 4.78 is 0. The first-order valence-electron chi connectivity index (χ1n) is 8.45. The van der Waals surface area contributed by atoms with E-state index in [1.54, 1.807) is 6.20 Å². The fourth-order valence-electron chi connectivity index (χ4n) is 2.61. The Kier molecular flexibility index (Phi) is 4.53. The number of rotatable bonds is 4. The number of aryl methyl sites for hydroxylation is 1. The molecule has 0 saturated heterocycles. The molecule has 0 atom stereocenters. The first-order chi connectivity index (χ1) is 11.8. The Labute approximate surface area is 149 Å². The van der Waals surface area contributed by atoms with E-state index in [9.17, 15) is 0 Å². The van der Waals surface area contributed by atoms with Crippen LogP contribution in [-0.4, -0.2) is 21.5 Å². The number of anilines is 1. The highest BCUT2D eigenvalue weighted by molar-refractivity contribution is 5.87. The Bertz CT molecular complexity index is 923. The Balaban J connectivity index is 1.86. The zero-order valence-corrected chi connectivity index (χ0v) is 15.3. The lowest BCUT2D eigenvalue weighted by molar-refractivity contribution is 0.441. The molecule has 0 aliphatic carbocycles. The maximum absolute atomic E-state index is 4.59. The van der Waals surface area contributed by atoms with Crippen LogP contribution in [0, 0.1) is 12.3 Å². The van der Waals surface area contributed by atoms with Crippen molar-refractivity contribution in [3.8, 4) is 0 Å². The lowest BCUT2D eigenvalue weighted by Gasteiger charge is -2.19. The van der Waals surface area contributed by atoms with Gasteiger partial charge in [-0.15, -0.1) is 0 Å². The molecular formula is C21H24N4. The second kappa shape index (κ2) is 6.63. The first-order valence-corrected chi connectivity index (χ1v) is 8.45. The van der Waals surface area contributed by atoms with Crippen molar-refractivity contribution in [2.24, 2.45) is 5.41 Å². The van der Waals surface area contributed by atoms with Crippen LogP contribution in [0.4, 0.5) is 5.95 Å². The van der Waals surface area contributed by atoms with Gasteiger partial charge in [0.05, 0.1) is 11.2 Å². The molecule has 0 aliphatic rings. The summed E-state index contributed by atoms with van der Waals surface area (Å²) in [5.74, 6) is 0.659. The van der Waals surface area contributed by atoms with E-state index in [1.165, 1.54) is 0 Å². The van der Waals surface area contributed by atoms with Crippen LogP contribution in [0.1, 0.15) is 37.6 Å². The van der Waals surface area contributed by atoms with Crippen molar-refractivity contribution in [1.82, 2.24) is 15.0 Å². The number of aromatic nitrogens is 3. The Morgan fingerprint density at radius 1 is 1.16 bits per heavy atom. The summed E-state index contributed by atoms with van der Waals surface area (Å²) in [5, 5.41) is 4.40. The monoisotopic (exact) mass is 332 g/mol. The molecule has 0 fully saturated rings. The van der Waals surface area contributed by atoms with Crippen LogP contribution in [0.5, 0.6) is 0 Å². The zero-order valence-electron chi connectivity index (χ0n) is 15.3. The molecule has 1 N–H and O–H groups in total. The normalized spacial score (nSPS) is 11.5. The summed E-state index contributed by atoms with van der Waals surface area (Å²) in [7, 11) is 0. The van der Waals surface area contributed by atoms with Crippen molar-refractivity contribution in [1.29, 1.82) is 0 Å². The van der Waals surface area contributed by atoms with Crippen molar-refractivity contribution < 1.29 is 0 Å². The van der Waals surface area contributed by atoms with Gasteiger partial charge in [0.2, 0.25) is 5.95 Å². The maximum atomic E-state index is 4.59. The third kappa shape index (κ3) is 4.02. The number of benzene rings is 1. The minimum absolute atomic E-state index is 0.179. The number of nitrogens with one attached hydrogen (secondary N) is 1. The molecule has 3 rings (SSSR count). The highest BCUT2D eigenvalue weighted by atomic mass is 15.1. The summed E-state index contributed by atoms with van der Waals surface area (Å²) in [5.41, 5.74) is 5.02. The van der Waals surface area contributed by atoms with Crippen LogP contribution >= 0.6 is 0 Å². The zero-order chi connectivity index (χ0) is 18.0. The molecule has 4 heteroatoms. The quantitative estimate of drug-likeness (QED) is 0.742. The second-order valence-electron chi connectivity index (χ2n) is 7.50. The van der Waals surface area contributed by atoms with Crippen molar-refractivity contribution in [3.63, 3.8) is 0 Å². The molecule has 2 heterocycles. The van der Waals surface area contributed by atoms with Gasteiger partial charge in [0.1, 0.15) is 0 Å². The molecule has 0 spiro atoms. The van der Waals surface area contributed by atoms with E-state index in [0.717, 1.165) is 39.8 Å². The van der Waals surface area contributed by atoms with Crippen molar-refractivity contribution in [3.05, 3.63) is 66.1 Å². The topological polar surface area (TPSA) is 50.7 Å². The molecule has 3 aromatic rings. The maximum Gasteiger partial charge on any atom is 0.222 e. The minimum Gasteiger partial charge on any atom is -0.354 e. The summed E-state index contributed by atoms with van der Waals surface area (Å²) >= 11 is 0. The van der Waals surface area contributed by atoms with Crippen molar-refractivity contribution >= 4 is 22.4 Å². The molecule has 4 nitrogen and oxygen atoms in total. The molecule has 128 valence electrons. The van der Waals surface area contributed by atoms with Gasteiger partial charge in [0.15, 0.2) is 0 Å². The fourth-order valence-corrected chi connectivity index (χ4v) is 2.61. The second-order valence-corrected chi connectivity index (χ2v) is 7.50. The molecule has 25 heavy (non-hydrogen) atoms. The van der Waals surface area contributed by atoms with Gasteiger partial charge in [-0.1, -0.05) is 39.5 Å². The van der Waals surface area contributed by atoms with Gasteiger partial charge in [-0.25, -0.2) is 9.97 Å². The SMILES string of the molecule is C=C(c1ccc2ncccc2c1)c1cnc(NCC(C)(C)C)nc1C. The lowest BCUT2D eigenvalue weighted by atomic mass is 9.97. The largest absolute Gasteiger partial charge is 0.354 e. The number of hydrogen-bond donors (Lipinski definition) is 1.